The van der Waals surface area contributed by atoms with E-state index in [4.69, 9.17) is 5.73 Å². The first-order valence-corrected chi connectivity index (χ1v) is 6.42. The van der Waals surface area contributed by atoms with E-state index >= 15 is 0 Å². The molecule has 0 atom stereocenters. The van der Waals surface area contributed by atoms with E-state index < -0.39 is 0 Å². The van der Waals surface area contributed by atoms with Gasteiger partial charge in [0, 0.05) is 24.8 Å². The van der Waals surface area contributed by atoms with E-state index in [2.05, 4.69) is 12.2 Å². The molecule has 19 heavy (non-hydrogen) atoms. The van der Waals surface area contributed by atoms with Gasteiger partial charge >= 0.3 is 0 Å². The molecule has 5 heteroatoms. The molecule has 0 fully saturated rings. The third kappa shape index (κ3) is 4.99. The summed E-state index contributed by atoms with van der Waals surface area (Å²) in [6.07, 6.45) is 2.00. The monoisotopic (exact) mass is 263 g/mol. The van der Waals surface area contributed by atoms with Crippen molar-refractivity contribution in [2.75, 3.05) is 25.9 Å². The highest BCUT2D eigenvalue weighted by Crippen LogP contribution is 2.04. The lowest BCUT2D eigenvalue weighted by atomic mass is 10.2. The third-order valence-electron chi connectivity index (χ3n) is 2.85. The Morgan fingerprint density at radius 1 is 1.26 bits per heavy atom. The summed E-state index contributed by atoms with van der Waals surface area (Å²) in [6, 6.07) is 6.58. The van der Waals surface area contributed by atoms with Crippen molar-refractivity contribution in [2.24, 2.45) is 0 Å². The minimum atomic E-state index is -0.266. The van der Waals surface area contributed by atoms with Crippen molar-refractivity contribution in [3.63, 3.8) is 0 Å². The SMILES string of the molecule is CCCCN(C)C(=O)CNC(=O)c1ccc(N)cc1. The Hall–Kier alpha value is -2.04. The van der Waals surface area contributed by atoms with Gasteiger partial charge < -0.3 is 16.0 Å². The second kappa shape index (κ2) is 7.41. The van der Waals surface area contributed by atoms with Crippen molar-refractivity contribution in [2.45, 2.75) is 19.8 Å². The number of unbranched alkanes of at least 4 members (excludes halogenated alkanes) is 1. The van der Waals surface area contributed by atoms with Gasteiger partial charge in [-0.05, 0) is 30.7 Å². The second-order valence-corrected chi connectivity index (χ2v) is 4.47. The number of nitrogens with zero attached hydrogens (tertiary/aromatic N) is 1. The molecule has 0 bridgehead atoms. The Balaban J connectivity index is 2.41. The van der Waals surface area contributed by atoms with Gasteiger partial charge in [-0.1, -0.05) is 13.3 Å². The maximum Gasteiger partial charge on any atom is 0.251 e. The molecule has 1 rings (SSSR count). The topological polar surface area (TPSA) is 75.4 Å². The number of hydrogen-bond donors (Lipinski definition) is 2. The van der Waals surface area contributed by atoms with E-state index in [1.165, 1.54) is 0 Å². The summed E-state index contributed by atoms with van der Waals surface area (Å²) in [7, 11) is 1.74. The Morgan fingerprint density at radius 2 is 1.89 bits per heavy atom. The molecule has 1 aromatic rings. The highest BCUT2D eigenvalue weighted by atomic mass is 16.2. The zero-order valence-electron chi connectivity index (χ0n) is 11.5. The van der Waals surface area contributed by atoms with E-state index in [1.807, 2.05) is 0 Å². The zero-order valence-corrected chi connectivity index (χ0v) is 11.5. The van der Waals surface area contributed by atoms with E-state index in [0.717, 1.165) is 12.8 Å². The first kappa shape index (κ1) is 15.0. The number of nitrogen functional groups attached to an aromatic ring is 1. The maximum atomic E-state index is 11.8. The third-order valence-corrected chi connectivity index (χ3v) is 2.85. The molecule has 104 valence electrons. The van der Waals surface area contributed by atoms with Gasteiger partial charge in [-0.25, -0.2) is 0 Å². The molecule has 2 amide bonds. The van der Waals surface area contributed by atoms with Crippen LogP contribution < -0.4 is 11.1 Å². The van der Waals surface area contributed by atoms with E-state index in [-0.39, 0.29) is 18.4 Å². The molecule has 0 spiro atoms. The van der Waals surface area contributed by atoms with Crippen LogP contribution in [-0.2, 0) is 4.79 Å². The quantitative estimate of drug-likeness (QED) is 0.759. The Kier molecular flexibility index (Phi) is 5.85. The smallest absolute Gasteiger partial charge is 0.251 e. The van der Waals surface area contributed by atoms with E-state index in [9.17, 15) is 9.59 Å². The first-order chi connectivity index (χ1) is 9.04. The number of rotatable bonds is 6. The van der Waals surface area contributed by atoms with Crippen LogP contribution in [0.25, 0.3) is 0 Å². The molecular formula is C14H21N3O2. The summed E-state index contributed by atoms with van der Waals surface area (Å²) < 4.78 is 0. The van der Waals surface area contributed by atoms with Crippen molar-refractivity contribution in [1.82, 2.24) is 10.2 Å². The number of hydrogen-bond acceptors (Lipinski definition) is 3. The summed E-state index contributed by atoms with van der Waals surface area (Å²) in [5.74, 6) is -0.352. The molecule has 0 aromatic heterocycles. The number of carbonyl (C=O) groups is 2. The van der Waals surface area contributed by atoms with Crippen LogP contribution in [0, 0.1) is 0 Å². The van der Waals surface area contributed by atoms with Crippen LogP contribution in [0.4, 0.5) is 5.69 Å². The molecule has 0 heterocycles. The normalized spacial score (nSPS) is 10.0. The Morgan fingerprint density at radius 3 is 2.47 bits per heavy atom. The van der Waals surface area contributed by atoms with Crippen molar-refractivity contribution in [1.29, 1.82) is 0 Å². The highest BCUT2D eigenvalue weighted by Gasteiger charge is 2.10. The van der Waals surface area contributed by atoms with Crippen molar-refractivity contribution < 1.29 is 9.59 Å². The summed E-state index contributed by atoms with van der Waals surface area (Å²) in [4.78, 5) is 25.1. The lowest BCUT2D eigenvalue weighted by Crippen LogP contribution is -2.38. The Bertz CT molecular complexity index is 429. The second-order valence-electron chi connectivity index (χ2n) is 4.47. The molecule has 0 aliphatic heterocycles. The predicted octanol–water partition coefficient (Wildman–Crippen LogP) is 1.26. The van der Waals surface area contributed by atoms with Gasteiger partial charge in [-0.3, -0.25) is 9.59 Å². The van der Waals surface area contributed by atoms with Crippen LogP contribution in [0.5, 0.6) is 0 Å². The standard InChI is InChI=1S/C14H21N3O2/c1-3-4-9-17(2)13(18)10-16-14(19)11-5-7-12(15)8-6-11/h5-8H,3-4,9-10,15H2,1-2H3,(H,16,19). The van der Waals surface area contributed by atoms with Gasteiger partial charge in [0.2, 0.25) is 5.91 Å². The fourth-order valence-corrected chi connectivity index (χ4v) is 1.55. The maximum absolute atomic E-state index is 11.8. The average Bonchev–Trinajstić information content (AvgIpc) is 2.42. The molecule has 0 aliphatic carbocycles. The number of nitrogens with two attached hydrogens (primary N) is 1. The van der Waals surface area contributed by atoms with Gasteiger partial charge in [0.05, 0.1) is 6.54 Å². The van der Waals surface area contributed by atoms with E-state index in [1.54, 1.807) is 36.2 Å². The fraction of sp³-hybridized carbons (Fsp3) is 0.429. The van der Waals surface area contributed by atoms with Crippen molar-refractivity contribution in [3.05, 3.63) is 29.8 Å². The van der Waals surface area contributed by atoms with Crippen LogP contribution in [-0.4, -0.2) is 36.9 Å². The summed E-state index contributed by atoms with van der Waals surface area (Å²) in [5, 5.41) is 2.60. The van der Waals surface area contributed by atoms with Crippen LogP contribution in [0.1, 0.15) is 30.1 Å². The number of likely N-dealkylation sites (N-methyl/N-ethyl adjacent to an activating group) is 1. The van der Waals surface area contributed by atoms with Gasteiger partial charge in [0.25, 0.3) is 5.91 Å². The zero-order chi connectivity index (χ0) is 14.3. The molecule has 5 nitrogen and oxygen atoms in total. The molecule has 3 N–H and O–H groups in total. The number of anilines is 1. The minimum absolute atomic E-state index is 0.0173. The fourth-order valence-electron chi connectivity index (χ4n) is 1.55. The van der Waals surface area contributed by atoms with E-state index in [0.29, 0.717) is 17.8 Å². The van der Waals surface area contributed by atoms with Crippen LogP contribution in [0.3, 0.4) is 0 Å². The van der Waals surface area contributed by atoms with Crippen molar-refractivity contribution >= 4 is 17.5 Å². The van der Waals surface area contributed by atoms with Crippen molar-refractivity contribution in [3.8, 4) is 0 Å². The van der Waals surface area contributed by atoms with Gasteiger partial charge in [0.1, 0.15) is 0 Å². The predicted molar refractivity (Wildman–Crippen MR) is 75.7 cm³/mol. The van der Waals surface area contributed by atoms with Crippen LogP contribution in [0.15, 0.2) is 24.3 Å². The van der Waals surface area contributed by atoms with Crippen LogP contribution >= 0.6 is 0 Å². The molecule has 1 aromatic carbocycles. The van der Waals surface area contributed by atoms with Gasteiger partial charge in [-0.15, -0.1) is 0 Å². The number of amides is 2. The molecule has 0 aliphatic rings. The lowest BCUT2D eigenvalue weighted by Gasteiger charge is -2.16. The number of carbonyl (C=O) groups excluding carboxylic acids is 2. The summed E-state index contributed by atoms with van der Waals surface area (Å²) in [6.45, 7) is 2.80. The van der Waals surface area contributed by atoms with Crippen LogP contribution in [0.2, 0.25) is 0 Å². The van der Waals surface area contributed by atoms with Gasteiger partial charge in [-0.2, -0.15) is 0 Å². The summed E-state index contributed by atoms with van der Waals surface area (Å²) >= 11 is 0. The molecule has 0 unspecified atom stereocenters. The largest absolute Gasteiger partial charge is 0.399 e. The lowest BCUT2D eigenvalue weighted by molar-refractivity contribution is -0.128. The molecular weight excluding hydrogens is 242 g/mol. The molecule has 0 saturated heterocycles. The number of nitrogens with one attached hydrogen (secondary N) is 1. The highest BCUT2D eigenvalue weighted by molar-refractivity contribution is 5.96. The average molecular weight is 263 g/mol. The van der Waals surface area contributed by atoms with Gasteiger partial charge in [0.15, 0.2) is 0 Å². The first-order valence-electron chi connectivity index (χ1n) is 6.42. The summed E-state index contributed by atoms with van der Waals surface area (Å²) in [5.41, 5.74) is 6.64. The molecule has 0 radical (unpaired) electrons. The Labute approximate surface area is 113 Å². The molecule has 0 saturated carbocycles. The number of benzene rings is 1. The minimum Gasteiger partial charge on any atom is -0.399 e.